The molecule has 1 aliphatic carbocycles. The molecular weight excluding hydrogens is 210 g/mol. The van der Waals surface area contributed by atoms with Gasteiger partial charge in [-0.15, -0.1) is 0 Å². The van der Waals surface area contributed by atoms with Crippen molar-refractivity contribution in [3.8, 4) is 0 Å². The van der Waals surface area contributed by atoms with E-state index in [1.54, 1.807) is 0 Å². The third kappa shape index (κ3) is 2.01. The summed E-state index contributed by atoms with van der Waals surface area (Å²) in [6.45, 7) is 0. The van der Waals surface area contributed by atoms with Gasteiger partial charge in [0, 0.05) is 11.1 Å². The summed E-state index contributed by atoms with van der Waals surface area (Å²) in [4.78, 5) is 0. The Morgan fingerprint density at radius 2 is 1.82 bits per heavy atom. The zero-order chi connectivity index (χ0) is 11.7. The fraction of sp³-hybridized carbons (Fsp3) is 0.333. The van der Waals surface area contributed by atoms with Crippen LogP contribution in [-0.2, 0) is 0 Å². The number of hydrogen-bond acceptors (Lipinski definition) is 2. The van der Waals surface area contributed by atoms with Crippen LogP contribution < -0.4 is 5.32 Å². The molecular formula is C15H17NO. The zero-order valence-corrected chi connectivity index (χ0v) is 9.76. The number of aliphatic hydroxyl groups is 1. The average Bonchev–Trinajstić information content (AvgIpc) is 2.76. The summed E-state index contributed by atoms with van der Waals surface area (Å²) in [6, 6.07) is 14.8. The summed E-state index contributed by atoms with van der Waals surface area (Å²) >= 11 is 0. The smallest absolute Gasteiger partial charge is 0.0741 e. The second-order valence-electron chi connectivity index (χ2n) is 4.78. The van der Waals surface area contributed by atoms with Crippen molar-refractivity contribution in [3.05, 3.63) is 42.5 Å². The fourth-order valence-corrected chi connectivity index (χ4v) is 2.66. The Kier molecular flexibility index (Phi) is 2.73. The van der Waals surface area contributed by atoms with Gasteiger partial charge in [-0.1, -0.05) is 36.4 Å². The fourth-order valence-electron chi connectivity index (χ4n) is 2.66. The molecule has 0 bridgehead atoms. The highest BCUT2D eigenvalue weighted by molar-refractivity contribution is 5.93. The zero-order valence-electron chi connectivity index (χ0n) is 9.76. The lowest BCUT2D eigenvalue weighted by Gasteiger charge is -2.19. The molecule has 2 aromatic rings. The topological polar surface area (TPSA) is 32.3 Å². The minimum absolute atomic E-state index is 0.200. The first-order valence-corrected chi connectivity index (χ1v) is 6.27. The summed E-state index contributed by atoms with van der Waals surface area (Å²) in [7, 11) is 0. The molecule has 0 spiro atoms. The van der Waals surface area contributed by atoms with Gasteiger partial charge in [-0.3, -0.25) is 0 Å². The number of hydrogen-bond donors (Lipinski definition) is 2. The van der Waals surface area contributed by atoms with Crippen LogP contribution in [0.5, 0.6) is 0 Å². The van der Waals surface area contributed by atoms with Crippen LogP contribution >= 0.6 is 0 Å². The van der Waals surface area contributed by atoms with Crippen molar-refractivity contribution in [3.63, 3.8) is 0 Å². The lowest BCUT2D eigenvalue weighted by atomic mass is 10.1. The minimum Gasteiger partial charge on any atom is -0.391 e. The molecule has 1 saturated carbocycles. The van der Waals surface area contributed by atoms with Crippen LogP contribution in [0.2, 0.25) is 0 Å². The SMILES string of the molecule is O[C@@H]1CCC[C@@H]1Nc1cccc2ccccc12. The van der Waals surface area contributed by atoms with Crippen LogP contribution in [0.25, 0.3) is 10.8 Å². The van der Waals surface area contributed by atoms with Crippen molar-refractivity contribution in [2.45, 2.75) is 31.4 Å². The highest BCUT2D eigenvalue weighted by Crippen LogP contribution is 2.27. The van der Waals surface area contributed by atoms with Gasteiger partial charge in [0.1, 0.15) is 0 Å². The number of rotatable bonds is 2. The second-order valence-corrected chi connectivity index (χ2v) is 4.78. The third-order valence-corrected chi connectivity index (χ3v) is 3.61. The van der Waals surface area contributed by atoms with Gasteiger partial charge in [0.2, 0.25) is 0 Å². The summed E-state index contributed by atoms with van der Waals surface area (Å²) in [5, 5.41) is 15.8. The van der Waals surface area contributed by atoms with Crippen LogP contribution in [0.15, 0.2) is 42.5 Å². The van der Waals surface area contributed by atoms with E-state index in [9.17, 15) is 5.11 Å². The first-order chi connectivity index (χ1) is 8.34. The number of aliphatic hydroxyl groups excluding tert-OH is 1. The lowest BCUT2D eigenvalue weighted by Crippen LogP contribution is -2.27. The molecule has 1 fully saturated rings. The largest absolute Gasteiger partial charge is 0.391 e. The van der Waals surface area contributed by atoms with Gasteiger partial charge < -0.3 is 10.4 Å². The maximum Gasteiger partial charge on any atom is 0.0741 e. The van der Waals surface area contributed by atoms with Gasteiger partial charge in [-0.2, -0.15) is 0 Å². The van der Waals surface area contributed by atoms with E-state index in [1.807, 2.05) is 0 Å². The Morgan fingerprint density at radius 3 is 2.65 bits per heavy atom. The van der Waals surface area contributed by atoms with Gasteiger partial charge in [0.25, 0.3) is 0 Å². The maximum absolute atomic E-state index is 9.86. The van der Waals surface area contributed by atoms with E-state index >= 15 is 0 Å². The number of nitrogens with one attached hydrogen (secondary N) is 1. The molecule has 0 aromatic heterocycles. The normalized spacial score (nSPS) is 24.1. The molecule has 1 aliphatic rings. The molecule has 0 saturated heterocycles. The average molecular weight is 227 g/mol. The Labute approximate surface area is 101 Å². The number of benzene rings is 2. The summed E-state index contributed by atoms with van der Waals surface area (Å²) < 4.78 is 0. The Hall–Kier alpha value is -1.54. The predicted molar refractivity (Wildman–Crippen MR) is 71.2 cm³/mol. The van der Waals surface area contributed by atoms with Crippen molar-refractivity contribution in [1.82, 2.24) is 0 Å². The first-order valence-electron chi connectivity index (χ1n) is 6.27. The van der Waals surface area contributed by atoms with Crippen LogP contribution in [0.1, 0.15) is 19.3 Å². The second kappa shape index (κ2) is 4.38. The van der Waals surface area contributed by atoms with Crippen molar-refractivity contribution in [1.29, 1.82) is 0 Å². The van der Waals surface area contributed by atoms with Crippen LogP contribution in [0.3, 0.4) is 0 Å². The highest BCUT2D eigenvalue weighted by atomic mass is 16.3. The van der Waals surface area contributed by atoms with Crippen molar-refractivity contribution in [2.24, 2.45) is 0 Å². The Bertz CT molecular complexity index is 518. The van der Waals surface area contributed by atoms with Crippen molar-refractivity contribution in [2.75, 3.05) is 5.32 Å². The van der Waals surface area contributed by atoms with Gasteiger partial charge in [0.15, 0.2) is 0 Å². The molecule has 2 heteroatoms. The summed E-state index contributed by atoms with van der Waals surface area (Å²) in [5.41, 5.74) is 1.13. The predicted octanol–water partition coefficient (Wildman–Crippen LogP) is 3.17. The van der Waals surface area contributed by atoms with Crippen LogP contribution in [0.4, 0.5) is 5.69 Å². The van der Waals surface area contributed by atoms with Gasteiger partial charge in [-0.05, 0) is 30.7 Å². The molecule has 2 atom stereocenters. The minimum atomic E-state index is -0.200. The monoisotopic (exact) mass is 227 g/mol. The standard InChI is InChI=1S/C15H17NO/c17-15-10-4-9-14(15)16-13-8-3-6-11-5-1-2-7-12(11)13/h1-3,5-8,14-17H,4,9-10H2/t14-,15+/m0/s1. The van der Waals surface area contributed by atoms with E-state index in [-0.39, 0.29) is 12.1 Å². The van der Waals surface area contributed by atoms with Gasteiger partial charge in [0.05, 0.1) is 12.1 Å². The highest BCUT2D eigenvalue weighted by Gasteiger charge is 2.25. The van der Waals surface area contributed by atoms with E-state index in [1.165, 1.54) is 10.8 Å². The van der Waals surface area contributed by atoms with E-state index in [0.717, 1.165) is 24.9 Å². The van der Waals surface area contributed by atoms with Crippen LogP contribution in [0, 0.1) is 0 Å². The quantitative estimate of drug-likeness (QED) is 0.826. The Balaban J connectivity index is 1.94. The first kappa shape index (κ1) is 10.6. The Morgan fingerprint density at radius 1 is 1.00 bits per heavy atom. The molecule has 88 valence electrons. The summed E-state index contributed by atoms with van der Waals surface area (Å²) in [6.07, 6.45) is 2.89. The van der Waals surface area contributed by atoms with E-state index < -0.39 is 0 Å². The van der Waals surface area contributed by atoms with E-state index in [0.29, 0.717) is 0 Å². The molecule has 0 radical (unpaired) electrons. The lowest BCUT2D eigenvalue weighted by molar-refractivity contribution is 0.172. The molecule has 17 heavy (non-hydrogen) atoms. The molecule has 0 heterocycles. The molecule has 3 rings (SSSR count). The third-order valence-electron chi connectivity index (χ3n) is 3.61. The number of anilines is 1. The van der Waals surface area contributed by atoms with Crippen molar-refractivity contribution >= 4 is 16.5 Å². The molecule has 0 amide bonds. The van der Waals surface area contributed by atoms with Gasteiger partial charge in [-0.25, -0.2) is 0 Å². The molecule has 0 unspecified atom stereocenters. The maximum atomic E-state index is 9.86. The molecule has 0 aliphatic heterocycles. The van der Waals surface area contributed by atoms with E-state index in [2.05, 4.69) is 47.8 Å². The molecule has 2 aromatic carbocycles. The summed E-state index contributed by atoms with van der Waals surface area (Å²) in [5.74, 6) is 0. The molecule has 2 N–H and O–H groups in total. The van der Waals surface area contributed by atoms with Crippen LogP contribution in [-0.4, -0.2) is 17.3 Å². The van der Waals surface area contributed by atoms with E-state index in [4.69, 9.17) is 0 Å². The van der Waals surface area contributed by atoms with Gasteiger partial charge >= 0.3 is 0 Å². The van der Waals surface area contributed by atoms with Crippen molar-refractivity contribution < 1.29 is 5.11 Å². The molecule has 2 nitrogen and oxygen atoms in total. The number of fused-ring (bicyclic) bond motifs is 1.